The zero-order valence-electron chi connectivity index (χ0n) is 13.0. The molecular formula is C14H24N4O3S. The summed E-state index contributed by atoms with van der Waals surface area (Å²) in [6.07, 6.45) is 0. The lowest BCUT2D eigenvalue weighted by atomic mass is 10.2. The summed E-state index contributed by atoms with van der Waals surface area (Å²) in [7, 11) is -3.55. The van der Waals surface area contributed by atoms with E-state index in [1.807, 2.05) is 31.2 Å². The van der Waals surface area contributed by atoms with Crippen molar-refractivity contribution >= 4 is 21.7 Å². The summed E-state index contributed by atoms with van der Waals surface area (Å²) in [4.78, 5) is 13.7. The number of primary sulfonamides is 1. The Morgan fingerprint density at radius 3 is 2.45 bits per heavy atom. The van der Waals surface area contributed by atoms with Crippen LogP contribution in [0.4, 0.5) is 10.5 Å². The van der Waals surface area contributed by atoms with E-state index in [1.54, 1.807) is 0 Å². The van der Waals surface area contributed by atoms with E-state index in [0.717, 1.165) is 12.2 Å². The number of benzene rings is 1. The van der Waals surface area contributed by atoms with Gasteiger partial charge in [0.25, 0.3) is 0 Å². The quantitative estimate of drug-likeness (QED) is 0.643. The van der Waals surface area contributed by atoms with E-state index in [2.05, 4.69) is 22.5 Å². The fourth-order valence-electron chi connectivity index (χ4n) is 2.04. The summed E-state index contributed by atoms with van der Waals surface area (Å²) in [5.41, 5.74) is 2.32. The Labute approximate surface area is 131 Å². The maximum atomic E-state index is 11.5. The summed E-state index contributed by atoms with van der Waals surface area (Å²) < 4.78 is 21.5. The number of sulfonamides is 1. The van der Waals surface area contributed by atoms with Crippen LogP contribution in [0.25, 0.3) is 0 Å². The van der Waals surface area contributed by atoms with E-state index >= 15 is 0 Å². The zero-order valence-corrected chi connectivity index (χ0v) is 13.8. The monoisotopic (exact) mass is 328 g/mol. The Morgan fingerprint density at radius 1 is 1.23 bits per heavy atom. The van der Waals surface area contributed by atoms with Gasteiger partial charge in [0, 0.05) is 31.9 Å². The van der Waals surface area contributed by atoms with Crippen molar-refractivity contribution in [1.82, 2.24) is 10.6 Å². The molecule has 0 fully saturated rings. The van der Waals surface area contributed by atoms with Crippen LogP contribution in [0.5, 0.6) is 0 Å². The number of para-hydroxylation sites is 1. The number of aryl methyl sites for hydroxylation is 1. The van der Waals surface area contributed by atoms with Gasteiger partial charge in [0.1, 0.15) is 0 Å². The normalized spacial score (nSPS) is 11.0. The minimum absolute atomic E-state index is 0.0000475. The van der Waals surface area contributed by atoms with Gasteiger partial charge in [0.15, 0.2) is 0 Å². The molecule has 0 aliphatic rings. The predicted octanol–water partition coefficient (Wildman–Crippen LogP) is 0.409. The number of hydrogen-bond acceptors (Lipinski definition) is 4. The third-order valence-corrected chi connectivity index (χ3v) is 3.95. The molecule has 2 amide bonds. The highest BCUT2D eigenvalue weighted by Gasteiger charge is 2.08. The highest BCUT2D eigenvalue weighted by atomic mass is 32.2. The van der Waals surface area contributed by atoms with Crippen molar-refractivity contribution < 1.29 is 13.2 Å². The highest BCUT2D eigenvalue weighted by Crippen LogP contribution is 2.18. The lowest BCUT2D eigenvalue weighted by Crippen LogP contribution is -2.42. The van der Waals surface area contributed by atoms with Crippen molar-refractivity contribution in [1.29, 1.82) is 0 Å². The van der Waals surface area contributed by atoms with Gasteiger partial charge in [-0.3, -0.25) is 0 Å². The molecule has 0 unspecified atom stereocenters. The molecule has 7 nitrogen and oxygen atoms in total. The van der Waals surface area contributed by atoms with Crippen LogP contribution < -0.4 is 20.7 Å². The van der Waals surface area contributed by atoms with E-state index in [0.29, 0.717) is 13.1 Å². The van der Waals surface area contributed by atoms with Gasteiger partial charge < -0.3 is 15.5 Å². The zero-order chi connectivity index (χ0) is 16.6. The summed E-state index contributed by atoms with van der Waals surface area (Å²) in [6, 6.07) is 7.67. The number of nitrogens with zero attached hydrogens (tertiary/aromatic N) is 1. The van der Waals surface area contributed by atoms with Gasteiger partial charge in [-0.05, 0) is 25.5 Å². The maximum Gasteiger partial charge on any atom is 0.314 e. The second-order valence-corrected chi connectivity index (χ2v) is 6.65. The van der Waals surface area contributed by atoms with Crippen molar-refractivity contribution in [2.75, 3.05) is 36.8 Å². The van der Waals surface area contributed by atoms with E-state index in [-0.39, 0.29) is 12.3 Å². The Hall–Kier alpha value is -1.80. The number of nitrogens with one attached hydrogen (secondary N) is 2. The van der Waals surface area contributed by atoms with Gasteiger partial charge in [0.05, 0.1) is 5.75 Å². The van der Waals surface area contributed by atoms with Crippen LogP contribution in [0.2, 0.25) is 0 Å². The van der Waals surface area contributed by atoms with Crippen LogP contribution in [0.3, 0.4) is 0 Å². The molecule has 0 spiro atoms. The van der Waals surface area contributed by atoms with Gasteiger partial charge in [-0.15, -0.1) is 0 Å². The summed E-state index contributed by atoms with van der Waals surface area (Å²) >= 11 is 0. The first-order valence-corrected chi connectivity index (χ1v) is 8.87. The highest BCUT2D eigenvalue weighted by molar-refractivity contribution is 7.89. The summed E-state index contributed by atoms with van der Waals surface area (Å²) in [5.74, 6) is -0.273. The molecule has 0 atom stereocenters. The molecule has 0 radical (unpaired) electrons. The van der Waals surface area contributed by atoms with Crippen LogP contribution in [0.15, 0.2) is 24.3 Å². The van der Waals surface area contributed by atoms with E-state index in [4.69, 9.17) is 5.14 Å². The van der Waals surface area contributed by atoms with E-state index in [9.17, 15) is 13.2 Å². The molecular weight excluding hydrogens is 304 g/mol. The smallest absolute Gasteiger partial charge is 0.314 e. The largest absolute Gasteiger partial charge is 0.370 e. The molecule has 0 heterocycles. The van der Waals surface area contributed by atoms with Crippen LogP contribution >= 0.6 is 0 Å². The van der Waals surface area contributed by atoms with Gasteiger partial charge in [0.2, 0.25) is 10.0 Å². The number of likely N-dealkylation sites (N-methyl/N-ethyl adjacent to an activating group) is 1. The molecule has 0 bridgehead atoms. The average Bonchev–Trinajstić information content (AvgIpc) is 2.43. The number of nitrogens with two attached hydrogens (primary N) is 1. The number of carbonyl (C=O) groups is 1. The molecule has 0 saturated carbocycles. The third-order valence-electron chi connectivity index (χ3n) is 3.18. The molecule has 22 heavy (non-hydrogen) atoms. The van der Waals surface area contributed by atoms with Crippen LogP contribution in [-0.4, -0.2) is 46.4 Å². The number of amides is 2. The van der Waals surface area contributed by atoms with Crippen molar-refractivity contribution in [3.63, 3.8) is 0 Å². The summed E-state index contributed by atoms with van der Waals surface area (Å²) in [6.45, 7) is 6.07. The molecule has 124 valence electrons. The first-order valence-electron chi connectivity index (χ1n) is 7.16. The third kappa shape index (κ3) is 6.77. The van der Waals surface area contributed by atoms with Crippen LogP contribution in [0, 0.1) is 6.92 Å². The van der Waals surface area contributed by atoms with Crippen LogP contribution in [0.1, 0.15) is 12.5 Å². The maximum absolute atomic E-state index is 11.5. The fraction of sp³-hybridized carbons (Fsp3) is 0.500. The molecule has 4 N–H and O–H groups in total. The first kappa shape index (κ1) is 18.2. The number of urea groups is 1. The Morgan fingerprint density at radius 2 is 1.86 bits per heavy atom. The molecule has 1 aromatic carbocycles. The fourth-order valence-corrected chi connectivity index (χ4v) is 2.43. The number of hydrogen-bond donors (Lipinski definition) is 3. The SMILES string of the molecule is CCN(CCNC(=O)NCCS(N)(=O)=O)c1ccccc1C. The topological polar surface area (TPSA) is 105 Å². The van der Waals surface area contributed by atoms with Crippen LogP contribution in [-0.2, 0) is 10.0 Å². The standard InChI is InChI=1S/C14H24N4O3S/c1-3-18(13-7-5-4-6-12(13)2)10-8-16-14(19)17-9-11-22(15,20)21/h4-7H,3,8-11H2,1-2H3,(H2,15,20,21)(H2,16,17,19). The van der Waals surface area contributed by atoms with Crippen molar-refractivity contribution in [2.45, 2.75) is 13.8 Å². The van der Waals surface area contributed by atoms with Gasteiger partial charge in [-0.2, -0.15) is 0 Å². The van der Waals surface area contributed by atoms with Crippen molar-refractivity contribution in [3.8, 4) is 0 Å². The molecule has 1 rings (SSSR count). The molecule has 8 heteroatoms. The molecule has 0 aromatic heterocycles. The van der Waals surface area contributed by atoms with E-state index in [1.165, 1.54) is 5.56 Å². The summed E-state index contributed by atoms with van der Waals surface area (Å²) in [5, 5.41) is 10.0. The average molecular weight is 328 g/mol. The van der Waals surface area contributed by atoms with Gasteiger partial charge >= 0.3 is 6.03 Å². The minimum atomic E-state index is -3.55. The second-order valence-electron chi connectivity index (χ2n) is 4.92. The van der Waals surface area contributed by atoms with Gasteiger partial charge in [-0.1, -0.05) is 18.2 Å². The predicted molar refractivity (Wildman–Crippen MR) is 88.4 cm³/mol. The minimum Gasteiger partial charge on any atom is -0.370 e. The lowest BCUT2D eigenvalue weighted by Gasteiger charge is -2.25. The molecule has 0 saturated heterocycles. The number of rotatable bonds is 8. The number of anilines is 1. The Kier molecular flexibility index (Phi) is 7.13. The molecule has 1 aromatic rings. The Balaban J connectivity index is 2.36. The number of carbonyl (C=O) groups excluding carboxylic acids is 1. The van der Waals surface area contributed by atoms with Crippen molar-refractivity contribution in [3.05, 3.63) is 29.8 Å². The van der Waals surface area contributed by atoms with Gasteiger partial charge in [-0.25, -0.2) is 18.4 Å². The molecule has 0 aliphatic carbocycles. The first-order chi connectivity index (χ1) is 10.3. The molecule has 0 aliphatic heterocycles. The van der Waals surface area contributed by atoms with E-state index < -0.39 is 16.1 Å². The van der Waals surface area contributed by atoms with Crippen molar-refractivity contribution in [2.24, 2.45) is 5.14 Å². The second kappa shape index (κ2) is 8.60. The lowest BCUT2D eigenvalue weighted by molar-refractivity contribution is 0.241. The Bertz CT molecular complexity index is 590.